The zero-order chi connectivity index (χ0) is 14.6. The molecule has 1 saturated heterocycles. The Labute approximate surface area is 124 Å². The molecule has 0 aliphatic carbocycles. The summed E-state index contributed by atoms with van der Waals surface area (Å²) in [6, 6.07) is 9.61. The van der Waals surface area contributed by atoms with Crippen LogP contribution in [0.3, 0.4) is 0 Å². The van der Waals surface area contributed by atoms with Crippen LogP contribution in [-0.2, 0) is 13.1 Å². The number of likely N-dealkylation sites (tertiary alicyclic amines) is 1. The van der Waals surface area contributed by atoms with Gasteiger partial charge < -0.3 is 5.32 Å². The molecule has 1 atom stereocenters. The fourth-order valence-corrected chi connectivity index (χ4v) is 2.86. The Kier molecular flexibility index (Phi) is 5.22. The molecule has 0 radical (unpaired) electrons. The maximum atomic E-state index is 3.61. The van der Waals surface area contributed by atoms with E-state index in [2.05, 4.69) is 62.2 Å². The maximum Gasteiger partial charge on any atom is 0.0239 e. The molecule has 1 aromatic carbocycles. The van der Waals surface area contributed by atoms with Crippen LogP contribution in [0.4, 0.5) is 0 Å². The Balaban J connectivity index is 2.03. The third kappa shape index (κ3) is 4.60. The van der Waals surface area contributed by atoms with Crippen molar-refractivity contribution < 1.29 is 0 Å². The van der Waals surface area contributed by atoms with Gasteiger partial charge in [-0.25, -0.2) is 0 Å². The zero-order valence-corrected chi connectivity index (χ0v) is 13.6. The smallest absolute Gasteiger partial charge is 0.0239 e. The first kappa shape index (κ1) is 15.5. The van der Waals surface area contributed by atoms with Gasteiger partial charge in [-0.3, -0.25) is 4.90 Å². The third-order valence-corrected chi connectivity index (χ3v) is 4.24. The molecule has 0 amide bonds. The summed E-state index contributed by atoms with van der Waals surface area (Å²) in [4.78, 5) is 2.64. The van der Waals surface area contributed by atoms with Crippen LogP contribution in [0.1, 0.15) is 58.1 Å². The summed E-state index contributed by atoms with van der Waals surface area (Å²) in [5.74, 6) is 0. The molecule has 1 N–H and O–H groups in total. The molecule has 0 aromatic heterocycles. The second-order valence-electron chi connectivity index (χ2n) is 7.19. The number of hydrogen-bond donors (Lipinski definition) is 1. The van der Waals surface area contributed by atoms with Gasteiger partial charge in [-0.1, -0.05) is 30.7 Å². The highest BCUT2D eigenvalue weighted by Gasteiger charge is 2.19. The van der Waals surface area contributed by atoms with E-state index in [1.165, 1.54) is 36.9 Å². The van der Waals surface area contributed by atoms with Crippen LogP contribution in [0.2, 0.25) is 0 Å². The number of rotatable bonds is 4. The minimum absolute atomic E-state index is 0.172. The van der Waals surface area contributed by atoms with Crippen molar-refractivity contribution in [2.45, 2.75) is 71.6 Å². The normalized spacial score (nSPS) is 21.1. The van der Waals surface area contributed by atoms with Crippen molar-refractivity contribution in [3.05, 3.63) is 35.4 Å². The first-order valence-corrected chi connectivity index (χ1v) is 8.01. The molecule has 1 heterocycles. The van der Waals surface area contributed by atoms with Crippen LogP contribution in [0.25, 0.3) is 0 Å². The van der Waals surface area contributed by atoms with Crippen LogP contribution < -0.4 is 5.32 Å². The molecule has 112 valence electrons. The van der Waals surface area contributed by atoms with E-state index in [1.54, 1.807) is 0 Å². The first-order chi connectivity index (χ1) is 9.46. The maximum absolute atomic E-state index is 3.61. The highest BCUT2D eigenvalue weighted by atomic mass is 15.2. The van der Waals surface area contributed by atoms with E-state index in [0.717, 1.165) is 19.1 Å². The third-order valence-electron chi connectivity index (χ3n) is 4.24. The number of benzene rings is 1. The Morgan fingerprint density at radius 1 is 1.15 bits per heavy atom. The van der Waals surface area contributed by atoms with Crippen LogP contribution in [0.5, 0.6) is 0 Å². The minimum atomic E-state index is 0.172. The van der Waals surface area contributed by atoms with Crippen molar-refractivity contribution in [3.8, 4) is 0 Å². The lowest BCUT2D eigenvalue weighted by Gasteiger charge is -2.34. The Bertz CT molecular complexity index is 420. The minimum Gasteiger partial charge on any atom is -0.308 e. The monoisotopic (exact) mass is 274 g/mol. The lowest BCUT2D eigenvalue weighted by molar-refractivity contribution is 0.152. The fourth-order valence-electron chi connectivity index (χ4n) is 2.86. The molecule has 1 aliphatic rings. The Hall–Kier alpha value is -0.860. The molecular weight excluding hydrogens is 244 g/mol. The predicted molar refractivity (Wildman–Crippen MR) is 86.8 cm³/mol. The fraction of sp³-hybridized carbons (Fsp3) is 0.667. The number of piperidine rings is 1. The summed E-state index contributed by atoms with van der Waals surface area (Å²) < 4.78 is 0. The standard InChI is InChI=1S/C18H30N2/c1-15-9-7-8-12-20(15)14-17-11-6-5-10-16(17)13-19-18(2,3)4/h5-6,10-11,15,19H,7-9,12-14H2,1-4H3. The second-order valence-corrected chi connectivity index (χ2v) is 7.19. The summed E-state index contributed by atoms with van der Waals surface area (Å²) in [6.45, 7) is 12.4. The van der Waals surface area contributed by atoms with Gasteiger partial charge in [0.25, 0.3) is 0 Å². The molecular formula is C18H30N2. The molecule has 1 fully saturated rings. The molecule has 1 aliphatic heterocycles. The Morgan fingerprint density at radius 2 is 1.85 bits per heavy atom. The topological polar surface area (TPSA) is 15.3 Å². The van der Waals surface area contributed by atoms with E-state index in [0.29, 0.717) is 0 Å². The van der Waals surface area contributed by atoms with Crippen LogP contribution in [0.15, 0.2) is 24.3 Å². The van der Waals surface area contributed by atoms with Gasteiger partial charge >= 0.3 is 0 Å². The van der Waals surface area contributed by atoms with Crippen molar-refractivity contribution in [3.63, 3.8) is 0 Å². The van der Waals surface area contributed by atoms with Gasteiger partial charge in [-0.15, -0.1) is 0 Å². The SMILES string of the molecule is CC1CCCCN1Cc1ccccc1CNC(C)(C)C. The summed E-state index contributed by atoms with van der Waals surface area (Å²) >= 11 is 0. The highest BCUT2D eigenvalue weighted by molar-refractivity contribution is 5.27. The number of nitrogens with one attached hydrogen (secondary N) is 1. The van der Waals surface area contributed by atoms with Crippen molar-refractivity contribution in [2.24, 2.45) is 0 Å². The lowest BCUT2D eigenvalue weighted by Crippen LogP contribution is -2.38. The first-order valence-electron chi connectivity index (χ1n) is 8.01. The van der Waals surface area contributed by atoms with Gasteiger partial charge in [0.05, 0.1) is 0 Å². The molecule has 2 rings (SSSR count). The van der Waals surface area contributed by atoms with Gasteiger partial charge in [-0.05, 0) is 58.2 Å². The quantitative estimate of drug-likeness (QED) is 0.894. The molecule has 2 nitrogen and oxygen atoms in total. The average Bonchev–Trinajstić information content (AvgIpc) is 2.39. The van der Waals surface area contributed by atoms with Gasteiger partial charge in [-0.2, -0.15) is 0 Å². The van der Waals surface area contributed by atoms with Crippen molar-refractivity contribution in [2.75, 3.05) is 6.54 Å². The van der Waals surface area contributed by atoms with Crippen molar-refractivity contribution in [1.29, 1.82) is 0 Å². The molecule has 0 bridgehead atoms. The van der Waals surface area contributed by atoms with Gasteiger partial charge in [0.15, 0.2) is 0 Å². The van der Waals surface area contributed by atoms with Crippen molar-refractivity contribution >= 4 is 0 Å². The van der Waals surface area contributed by atoms with Gasteiger partial charge in [0, 0.05) is 24.7 Å². The van der Waals surface area contributed by atoms with E-state index >= 15 is 0 Å². The van der Waals surface area contributed by atoms with Gasteiger partial charge in [0.2, 0.25) is 0 Å². The summed E-state index contributed by atoms with van der Waals surface area (Å²) in [6.07, 6.45) is 4.10. The molecule has 1 unspecified atom stereocenters. The van der Waals surface area contributed by atoms with Crippen LogP contribution in [-0.4, -0.2) is 23.0 Å². The molecule has 0 saturated carbocycles. The average molecular weight is 274 g/mol. The highest BCUT2D eigenvalue weighted by Crippen LogP contribution is 2.21. The van der Waals surface area contributed by atoms with E-state index in [9.17, 15) is 0 Å². The second kappa shape index (κ2) is 6.73. The van der Waals surface area contributed by atoms with Crippen LogP contribution in [0, 0.1) is 0 Å². The van der Waals surface area contributed by atoms with E-state index < -0.39 is 0 Å². The van der Waals surface area contributed by atoms with E-state index in [1.807, 2.05) is 0 Å². The number of hydrogen-bond acceptors (Lipinski definition) is 2. The Morgan fingerprint density at radius 3 is 2.50 bits per heavy atom. The lowest BCUT2D eigenvalue weighted by atomic mass is 10.0. The van der Waals surface area contributed by atoms with E-state index in [-0.39, 0.29) is 5.54 Å². The van der Waals surface area contributed by atoms with Crippen LogP contribution >= 0.6 is 0 Å². The molecule has 0 spiro atoms. The zero-order valence-electron chi connectivity index (χ0n) is 13.6. The van der Waals surface area contributed by atoms with E-state index in [4.69, 9.17) is 0 Å². The number of nitrogens with zero attached hydrogens (tertiary/aromatic N) is 1. The van der Waals surface area contributed by atoms with Crippen molar-refractivity contribution in [1.82, 2.24) is 10.2 Å². The molecule has 20 heavy (non-hydrogen) atoms. The largest absolute Gasteiger partial charge is 0.308 e. The summed E-state index contributed by atoms with van der Waals surface area (Å²) in [7, 11) is 0. The summed E-state index contributed by atoms with van der Waals surface area (Å²) in [5, 5.41) is 3.61. The predicted octanol–water partition coefficient (Wildman–Crippen LogP) is 3.95. The van der Waals surface area contributed by atoms with Gasteiger partial charge in [0.1, 0.15) is 0 Å². The molecule has 1 aromatic rings. The molecule has 2 heteroatoms. The summed E-state index contributed by atoms with van der Waals surface area (Å²) in [5.41, 5.74) is 3.10.